The van der Waals surface area contributed by atoms with Gasteiger partial charge in [0.1, 0.15) is 17.2 Å². The monoisotopic (exact) mass is 297 g/mol. The topological polar surface area (TPSA) is 99.4 Å². The number of aliphatic imine (C=N–C) groups is 1. The van der Waals surface area contributed by atoms with Gasteiger partial charge in [0.2, 0.25) is 5.90 Å². The highest BCUT2D eigenvalue weighted by Crippen LogP contribution is 2.34. The Morgan fingerprint density at radius 3 is 2.27 bits per heavy atom. The first-order valence-electron chi connectivity index (χ1n) is 6.37. The predicted octanol–water partition coefficient (Wildman–Crippen LogP) is 2.15. The molecule has 0 spiro atoms. The molecule has 0 amide bonds. The van der Waals surface area contributed by atoms with Gasteiger partial charge in [0, 0.05) is 17.7 Å². The van der Waals surface area contributed by atoms with Crippen molar-refractivity contribution in [3.63, 3.8) is 0 Å². The summed E-state index contributed by atoms with van der Waals surface area (Å²) in [7, 11) is 0. The Balaban J connectivity index is 2.02. The van der Waals surface area contributed by atoms with Crippen LogP contribution in [0.2, 0.25) is 0 Å². The molecular formula is C16H11NO5. The van der Waals surface area contributed by atoms with E-state index in [0.29, 0.717) is 5.56 Å². The number of phenolic OH excluding ortho intramolecular Hbond substituents is 3. The molecule has 110 valence electrons. The number of hydrogen-bond donors (Lipinski definition) is 3. The first-order valence-corrected chi connectivity index (χ1v) is 6.37. The quantitative estimate of drug-likeness (QED) is 0.582. The van der Waals surface area contributed by atoms with E-state index in [9.17, 15) is 20.1 Å². The van der Waals surface area contributed by atoms with Crippen LogP contribution in [0.25, 0.3) is 6.08 Å². The van der Waals surface area contributed by atoms with E-state index < -0.39 is 5.97 Å². The Labute approximate surface area is 125 Å². The molecule has 0 atom stereocenters. The van der Waals surface area contributed by atoms with Gasteiger partial charge in [-0.2, -0.15) is 0 Å². The summed E-state index contributed by atoms with van der Waals surface area (Å²) in [6.07, 6.45) is 1.20. The Hall–Kier alpha value is -3.28. The zero-order valence-corrected chi connectivity index (χ0v) is 11.2. The molecule has 0 saturated heterocycles. The minimum absolute atomic E-state index is 0.0252. The fourth-order valence-electron chi connectivity index (χ4n) is 2.01. The van der Waals surface area contributed by atoms with Gasteiger partial charge in [-0.25, -0.2) is 9.79 Å². The number of phenols is 3. The minimum Gasteiger partial charge on any atom is -0.508 e. The molecule has 0 fully saturated rings. The Morgan fingerprint density at radius 2 is 1.64 bits per heavy atom. The maximum Gasteiger partial charge on any atom is 0.363 e. The Bertz CT molecular complexity index is 786. The molecule has 6 heteroatoms. The molecule has 2 aromatic rings. The number of nitrogens with zero attached hydrogens (tertiary/aromatic N) is 1. The van der Waals surface area contributed by atoms with Crippen molar-refractivity contribution >= 4 is 17.9 Å². The summed E-state index contributed by atoms with van der Waals surface area (Å²) in [5.74, 6) is -1.58. The Kier molecular flexibility index (Phi) is 3.27. The van der Waals surface area contributed by atoms with Crippen LogP contribution in [0.5, 0.6) is 17.2 Å². The van der Waals surface area contributed by atoms with Crippen molar-refractivity contribution in [3.8, 4) is 17.2 Å². The second-order valence-corrected chi connectivity index (χ2v) is 4.60. The SMILES string of the molecule is O=C1OC(c2ccccc2)=N/C1=C\c1c(O)cc(O)cc1O. The second kappa shape index (κ2) is 5.25. The molecule has 3 N–H and O–H groups in total. The van der Waals surface area contributed by atoms with Gasteiger partial charge in [-0.1, -0.05) is 18.2 Å². The molecule has 6 nitrogen and oxygen atoms in total. The third-order valence-electron chi connectivity index (χ3n) is 3.04. The molecule has 0 aromatic heterocycles. The lowest BCUT2D eigenvalue weighted by molar-refractivity contribution is -0.129. The van der Waals surface area contributed by atoms with Gasteiger partial charge >= 0.3 is 5.97 Å². The van der Waals surface area contributed by atoms with Crippen LogP contribution in [-0.2, 0) is 9.53 Å². The summed E-state index contributed by atoms with van der Waals surface area (Å²) in [6.45, 7) is 0. The molecule has 2 aromatic carbocycles. The van der Waals surface area contributed by atoms with E-state index in [2.05, 4.69) is 4.99 Å². The highest BCUT2D eigenvalue weighted by atomic mass is 16.6. The number of cyclic esters (lactones) is 1. The molecule has 0 radical (unpaired) electrons. The van der Waals surface area contributed by atoms with Gasteiger partial charge in [0.15, 0.2) is 5.70 Å². The number of ether oxygens (including phenoxy) is 1. The number of carbonyl (C=O) groups is 1. The standard InChI is InChI=1S/C16H11NO5/c18-10-6-13(19)11(14(20)7-10)8-12-16(21)22-15(17-12)9-4-2-1-3-5-9/h1-8,18-20H/b12-8-. The fraction of sp³-hybridized carbons (Fsp3) is 0. The van der Waals surface area contributed by atoms with Crippen molar-refractivity contribution < 1.29 is 24.9 Å². The lowest BCUT2D eigenvalue weighted by Gasteiger charge is -2.03. The van der Waals surface area contributed by atoms with Crippen LogP contribution in [0.1, 0.15) is 11.1 Å². The molecule has 1 aliphatic rings. The molecule has 22 heavy (non-hydrogen) atoms. The van der Waals surface area contributed by atoms with Gasteiger partial charge < -0.3 is 20.1 Å². The number of hydrogen-bond acceptors (Lipinski definition) is 6. The maximum atomic E-state index is 11.8. The first kappa shape index (κ1) is 13.7. The Morgan fingerprint density at radius 1 is 1.00 bits per heavy atom. The third kappa shape index (κ3) is 2.49. The van der Waals surface area contributed by atoms with Crippen molar-refractivity contribution in [2.45, 2.75) is 0 Å². The van der Waals surface area contributed by atoms with Gasteiger partial charge in [0.25, 0.3) is 0 Å². The predicted molar refractivity (Wildman–Crippen MR) is 78.5 cm³/mol. The fourth-order valence-corrected chi connectivity index (χ4v) is 2.01. The molecule has 1 heterocycles. The second-order valence-electron chi connectivity index (χ2n) is 4.60. The summed E-state index contributed by atoms with van der Waals surface area (Å²) < 4.78 is 5.07. The van der Waals surface area contributed by atoms with Crippen LogP contribution in [0.4, 0.5) is 0 Å². The number of rotatable bonds is 2. The summed E-state index contributed by atoms with van der Waals surface area (Å²) in [6, 6.07) is 11.0. The van der Waals surface area contributed by atoms with E-state index in [1.54, 1.807) is 24.3 Å². The summed E-state index contributed by atoms with van der Waals surface area (Å²) in [5, 5.41) is 28.7. The van der Waals surface area contributed by atoms with E-state index in [4.69, 9.17) is 4.74 Å². The zero-order chi connectivity index (χ0) is 15.7. The normalized spacial score (nSPS) is 15.7. The summed E-state index contributed by atoms with van der Waals surface area (Å²) in [5.41, 5.74) is 0.552. The number of benzene rings is 2. The molecule has 0 aliphatic carbocycles. The number of aromatic hydroxyl groups is 3. The molecule has 0 unspecified atom stereocenters. The van der Waals surface area contributed by atoms with Crippen molar-refractivity contribution in [2.24, 2.45) is 4.99 Å². The molecule has 0 saturated carbocycles. The van der Waals surface area contributed by atoms with Crippen molar-refractivity contribution in [3.05, 3.63) is 59.3 Å². The van der Waals surface area contributed by atoms with E-state index in [1.165, 1.54) is 6.08 Å². The highest BCUT2D eigenvalue weighted by molar-refractivity contribution is 6.13. The molecule has 3 rings (SSSR count). The average Bonchev–Trinajstić information content (AvgIpc) is 2.85. The lowest BCUT2D eigenvalue weighted by atomic mass is 10.1. The van der Waals surface area contributed by atoms with E-state index in [0.717, 1.165) is 12.1 Å². The van der Waals surface area contributed by atoms with Crippen LogP contribution >= 0.6 is 0 Å². The average molecular weight is 297 g/mol. The summed E-state index contributed by atoms with van der Waals surface area (Å²) >= 11 is 0. The van der Waals surface area contributed by atoms with Crippen LogP contribution in [-0.4, -0.2) is 27.2 Å². The largest absolute Gasteiger partial charge is 0.508 e. The molecule has 1 aliphatic heterocycles. The molecular weight excluding hydrogens is 286 g/mol. The van der Waals surface area contributed by atoms with Crippen molar-refractivity contribution in [1.29, 1.82) is 0 Å². The van der Waals surface area contributed by atoms with Crippen LogP contribution in [0, 0.1) is 0 Å². The molecule has 0 bridgehead atoms. The smallest absolute Gasteiger partial charge is 0.363 e. The van der Waals surface area contributed by atoms with E-state index in [-0.39, 0.29) is 34.4 Å². The van der Waals surface area contributed by atoms with E-state index >= 15 is 0 Å². The van der Waals surface area contributed by atoms with Gasteiger partial charge in [-0.3, -0.25) is 0 Å². The van der Waals surface area contributed by atoms with Crippen LogP contribution in [0.15, 0.2) is 53.2 Å². The van der Waals surface area contributed by atoms with E-state index in [1.807, 2.05) is 6.07 Å². The van der Waals surface area contributed by atoms with Crippen LogP contribution < -0.4 is 0 Å². The van der Waals surface area contributed by atoms with Crippen molar-refractivity contribution in [2.75, 3.05) is 0 Å². The minimum atomic E-state index is -0.689. The van der Waals surface area contributed by atoms with Gasteiger partial charge in [-0.05, 0) is 18.2 Å². The lowest BCUT2D eigenvalue weighted by Crippen LogP contribution is -2.04. The van der Waals surface area contributed by atoms with Gasteiger partial charge in [0.05, 0.1) is 5.56 Å². The third-order valence-corrected chi connectivity index (χ3v) is 3.04. The van der Waals surface area contributed by atoms with Gasteiger partial charge in [-0.15, -0.1) is 0 Å². The number of esters is 1. The first-order chi connectivity index (χ1) is 10.5. The number of carbonyl (C=O) groups excluding carboxylic acids is 1. The summed E-state index contributed by atoms with van der Waals surface area (Å²) in [4.78, 5) is 15.9. The zero-order valence-electron chi connectivity index (χ0n) is 11.2. The van der Waals surface area contributed by atoms with Crippen LogP contribution in [0.3, 0.4) is 0 Å². The highest BCUT2D eigenvalue weighted by Gasteiger charge is 2.25. The van der Waals surface area contributed by atoms with Crippen molar-refractivity contribution in [1.82, 2.24) is 0 Å². The maximum absolute atomic E-state index is 11.8.